The summed E-state index contributed by atoms with van der Waals surface area (Å²) in [5.41, 5.74) is 1.09. The lowest BCUT2D eigenvalue weighted by atomic mass is 10.2. The predicted molar refractivity (Wildman–Crippen MR) is 97.6 cm³/mol. The number of ether oxygens (including phenoxy) is 1. The molecule has 1 aromatic carbocycles. The van der Waals surface area contributed by atoms with Crippen molar-refractivity contribution < 1.29 is 13.9 Å². The van der Waals surface area contributed by atoms with Crippen LogP contribution in [0.2, 0.25) is 0 Å². The third kappa shape index (κ3) is 7.00. The van der Waals surface area contributed by atoms with Gasteiger partial charge in [0.15, 0.2) is 6.61 Å². The van der Waals surface area contributed by atoms with Crippen LogP contribution in [0, 0.1) is 29.6 Å². The number of carbonyl (C=O) groups excluding carboxylic acids is 1. The molecule has 0 aliphatic carbocycles. The summed E-state index contributed by atoms with van der Waals surface area (Å²) in [5, 5.41) is 25.4. The molecule has 0 saturated heterocycles. The largest absolute Gasteiger partial charge is 0.484 e. The van der Waals surface area contributed by atoms with E-state index in [9.17, 15) is 4.79 Å². The maximum Gasteiger partial charge on any atom is 0.277 e. The summed E-state index contributed by atoms with van der Waals surface area (Å²) in [6.45, 7) is 2.72. The fraction of sp³-hybridized carbons (Fsp3) is 0.389. The molecule has 0 bridgehead atoms. The monoisotopic (exact) mass is 385 g/mol. The van der Waals surface area contributed by atoms with E-state index in [-0.39, 0.29) is 36.3 Å². The lowest BCUT2D eigenvalue weighted by molar-refractivity contribution is -0.128. The van der Waals surface area contributed by atoms with Crippen LogP contribution in [0.4, 0.5) is 0 Å². The highest BCUT2D eigenvalue weighted by molar-refractivity contribution is 7.99. The molecule has 0 saturated carbocycles. The highest BCUT2D eigenvalue weighted by Crippen LogP contribution is 2.19. The zero-order valence-corrected chi connectivity index (χ0v) is 15.7. The first-order valence-electron chi connectivity index (χ1n) is 8.28. The van der Waals surface area contributed by atoms with Crippen molar-refractivity contribution in [1.29, 1.82) is 10.5 Å². The summed E-state index contributed by atoms with van der Waals surface area (Å²) in [6, 6.07) is 11.6. The van der Waals surface area contributed by atoms with E-state index in [4.69, 9.17) is 19.7 Å². The van der Waals surface area contributed by atoms with Crippen molar-refractivity contribution in [3.8, 4) is 17.9 Å². The van der Waals surface area contributed by atoms with E-state index in [0.717, 1.165) is 17.3 Å². The Kier molecular flexibility index (Phi) is 8.14. The first kappa shape index (κ1) is 20.3. The maximum absolute atomic E-state index is 12.2. The van der Waals surface area contributed by atoms with Crippen molar-refractivity contribution in [3.63, 3.8) is 0 Å². The normalized spacial score (nSPS) is 10.0. The van der Waals surface area contributed by atoms with Crippen molar-refractivity contribution in [1.82, 2.24) is 15.1 Å². The lowest BCUT2D eigenvalue weighted by Gasteiger charge is -2.19. The van der Waals surface area contributed by atoms with E-state index in [1.165, 1.54) is 4.90 Å². The van der Waals surface area contributed by atoms with Gasteiger partial charge in [0.25, 0.3) is 11.1 Å². The first-order valence-corrected chi connectivity index (χ1v) is 9.27. The molecule has 0 fully saturated rings. The van der Waals surface area contributed by atoms with Crippen LogP contribution in [0.1, 0.15) is 24.3 Å². The number of hydrogen-bond acceptors (Lipinski definition) is 8. The van der Waals surface area contributed by atoms with Crippen molar-refractivity contribution in [2.45, 2.75) is 31.6 Å². The average Bonchev–Trinajstić information content (AvgIpc) is 3.12. The first-order chi connectivity index (χ1) is 13.1. The molecule has 9 heteroatoms. The third-order valence-corrected chi connectivity index (χ3v) is 4.26. The Balaban J connectivity index is 1.82. The highest BCUT2D eigenvalue weighted by atomic mass is 32.2. The van der Waals surface area contributed by atoms with Crippen LogP contribution in [-0.2, 0) is 11.4 Å². The van der Waals surface area contributed by atoms with Crippen LogP contribution in [0.15, 0.2) is 33.9 Å². The molecule has 0 aliphatic rings. The summed E-state index contributed by atoms with van der Waals surface area (Å²) >= 11 is 1.12. The molecule has 0 radical (unpaired) electrons. The second kappa shape index (κ2) is 10.8. The Morgan fingerprint density at radius 3 is 2.67 bits per heavy atom. The Morgan fingerprint density at radius 1 is 1.26 bits per heavy atom. The van der Waals surface area contributed by atoms with E-state index >= 15 is 0 Å². The molecule has 0 N–H and O–H groups in total. The SMILES string of the molecule is Cc1cccc(OCc2nnc(SCC(=O)N(CCC#N)CCC#N)o2)c1. The van der Waals surface area contributed by atoms with E-state index in [2.05, 4.69) is 10.2 Å². The number of benzene rings is 1. The molecule has 1 heterocycles. The Hall–Kier alpha value is -3.04. The van der Waals surface area contributed by atoms with Gasteiger partial charge in [-0.2, -0.15) is 10.5 Å². The van der Waals surface area contributed by atoms with E-state index in [1.54, 1.807) is 0 Å². The standard InChI is InChI=1S/C18H19N5O3S/c1-14-5-2-6-15(11-14)25-12-16-21-22-18(26-16)27-13-17(24)23(9-3-7-19)10-4-8-20/h2,5-6,11H,3-4,9-10,12-13H2,1H3. The number of aryl methyl sites for hydroxylation is 1. The van der Waals surface area contributed by atoms with Gasteiger partial charge in [-0.25, -0.2) is 0 Å². The molecule has 0 unspecified atom stereocenters. The Labute approximate surface area is 161 Å². The molecule has 1 amide bonds. The van der Waals surface area contributed by atoms with E-state index < -0.39 is 0 Å². The van der Waals surface area contributed by atoms with Gasteiger partial charge in [0.1, 0.15) is 5.75 Å². The molecule has 140 valence electrons. The number of thioether (sulfide) groups is 1. The van der Waals surface area contributed by atoms with Crippen LogP contribution < -0.4 is 4.74 Å². The Morgan fingerprint density at radius 2 is 2.00 bits per heavy atom. The quantitative estimate of drug-likeness (QED) is 0.573. The molecule has 8 nitrogen and oxygen atoms in total. The van der Waals surface area contributed by atoms with Gasteiger partial charge < -0.3 is 14.1 Å². The summed E-state index contributed by atoms with van der Waals surface area (Å²) < 4.78 is 11.1. The number of nitriles is 2. The molecule has 0 atom stereocenters. The van der Waals surface area contributed by atoms with E-state index in [0.29, 0.717) is 24.7 Å². The molecule has 2 rings (SSSR count). The highest BCUT2D eigenvalue weighted by Gasteiger charge is 2.16. The van der Waals surface area contributed by atoms with Gasteiger partial charge in [0.2, 0.25) is 5.91 Å². The fourth-order valence-electron chi connectivity index (χ4n) is 2.15. The van der Waals surface area contributed by atoms with Gasteiger partial charge in [-0.05, 0) is 24.6 Å². The predicted octanol–water partition coefficient (Wildman–Crippen LogP) is 2.71. The van der Waals surface area contributed by atoms with Crippen LogP contribution in [0.3, 0.4) is 0 Å². The lowest BCUT2D eigenvalue weighted by Crippen LogP contribution is -2.34. The summed E-state index contributed by atoms with van der Waals surface area (Å²) in [5.74, 6) is 0.943. The number of hydrogen-bond donors (Lipinski definition) is 0. The van der Waals surface area contributed by atoms with Gasteiger partial charge in [0.05, 0.1) is 30.7 Å². The van der Waals surface area contributed by atoms with Crippen LogP contribution in [-0.4, -0.2) is 39.8 Å². The topological polar surface area (TPSA) is 116 Å². The van der Waals surface area contributed by atoms with Crippen LogP contribution in [0.5, 0.6) is 5.75 Å². The average molecular weight is 385 g/mol. The van der Waals surface area contributed by atoms with Crippen molar-refractivity contribution in [3.05, 3.63) is 35.7 Å². The fourth-order valence-corrected chi connectivity index (χ4v) is 2.83. The zero-order chi connectivity index (χ0) is 19.5. The second-order valence-electron chi connectivity index (χ2n) is 5.55. The molecule has 27 heavy (non-hydrogen) atoms. The molecular weight excluding hydrogens is 366 g/mol. The Bertz CT molecular complexity index is 822. The van der Waals surface area contributed by atoms with Gasteiger partial charge >= 0.3 is 0 Å². The third-order valence-electron chi connectivity index (χ3n) is 3.46. The molecule has 0 aliphatic heterocycles. The smallest absolute Gasteiger partial charge is 0.277 e. The van der Waals surface area contributed by atoms with Gasteiger partial charge in [-0.1, -0.05) is 23.9 Å². The number of aromatic nitrogens is 2. The summed E-state index contributed by atoms with van der Waals surface area (Å²) in [4.78, 5) is 13.7. The summed E-state index contributed by atoms with van der Waals surface area (Å²) in [7, 11) is 0. The minimum Gasteiger partial charge on any atom is -0.484 e. The maximum atomic E-state index is 12.2. The van der Waals surface area contributed by atoms with Gasteiger partial charge in [-0.3, -0.25) is 4.79 Å². The minimum atomic E-state index is -0.179. The summed E-state index contributed by atoms with van der Waals surface area (Å²) in [6.07, 6.45) is 0.450. The van der Waals surface area contributed by atoms with E-state index in [1.807, 2.05) is 43.3 Å². The van der Waals surface area contributed by atoms with Gasteiger partial charge in [-0.15, -0.1) is 10.2 Å². The van der Waals surface area contributed by atoms with Gasteiger partial charge in [0, 0.05) is 13.1 Å². The molecule has 1 aromatic heterocycles. The molecular formula is C18H19N5O3S. The van der Waals surface area contributed by atoms with Crippen molar-refractivity contribution in [2.24, 2.45) is 0 Å². The minimum absolute atomic E-state index is 0.0945. The van der Waals surface area contributed by atoms with Crippen LogP contribution >= 0.6 is 11.8 Å². The number of carbonyl (C=O) groups is 1. The molecule has 0 spiro atoms. The number of nitrogens with zero attached hydrogens (tertiary/aromatic N) is 5. The van der Waals surface area contributed by atoms with Crippen LogP contribution in [0.25, 0.3) is 0 Å². The number of amides is 1. The molecule has 2 aromatic rings. The number of rotatable bonds is 10. The van der Waals surface area contributed by atoms with Crippen molar-refractivity contribution in [2.75, 3.05) is 18.8 Å². The second-order valence-corrected chi connectivity index (χ2v) is 6.48. The zero-order valence-electron chi connectivity index (χ0n) is 14.9. The van der Waals surface area contributed by atoms with Crippen molar-refractivity contribution >= 4 is 17.7 Å².